The Labute approximate surface area is 101 Å². The fraction of sp³-hybridized carbons (Fsp3) is 0.636. The summed E-state index contributed by atoms with van der Waals surface area (Å²) < 4.78 is 2.19. The van der Waals surface area contributed by atoms with Crippen LogP contribution in [0.25, 0.3) is 0 Å². The maximum atomic E-state index is 10.9. The minimum absolute atomic E-state index is 0.0841. The van der Waals surface area contributed by atoms with Crippen molar-refractivity contribution in [3.8, 4) is 0 Å². The normalized spacial score (nSPS) is 15.6. The first-order valence-electron chi connectivity index (χ1n) is 6.01. The molecule has 0 saturated heterocycles. The number of nitrogens with one attached hydrogen (secondary N) is 1. The summed E-state index contributed by atoms with van der Waals surface area (Å²) in [5.74, 6) is 6.07. The van der Waals surface area contributed by atoms with Gasteiger partial charge in [-0.2, -0.15) is 0 Å². The van der Waals surface area contributed by atoms with Crippen LogP contribution in [-0.2, 0) is 17.9 Å². The molecule has 6 nitrogen and oxygen atoms in total. The first kappa shape index (κ1) is 12.1. The lowest BCUT2D eigenvalue weighted by atomic mass is 10.2. The molecule has 0 saturated carbocycles. The van der Waals surface area contributed by atoms with Crippen LogP contribution in [0.2, 0.25) is 0 Å². The fourth-order valence-corrected chi connectivity index (χ4v) is 2.11. The van der Waals surface area contributed by atoms with Gasteiger partial charge in [0.1, 0.15) is 5.82 Å². The zero-order chi connectivity index (χ0) is 12.1. The average molecular weight is 237 g/mol. The molecule has 0 unspecified atom stereocenters. The summed E-state index contributed by atoms with van der Waals surface area (Å²) in [5.41, 5.74) is 2.15. The van der Waals surface area contributed by atoms with Gasteiger partial charge < -0.3 is 4.57 Å². The van der Waals surface area contributed by atoms with Crippen LogP contribution in [0.15, 0.2) is 12.4 Å². The topological polar surface area (TPSA) is 76.2 Å². The third-order valence-electron chi connectivity index (χ3n) is 3.11. The summed E-state index contributed by atoms with van der Waals surface area (Å²) in [4.78, 5) is 17.6. The van der Waals surface area contributed by atoms with Gasteiger partial charge in [0.2, 0.25) is 5.91 Å². The van der Waals surface area contributed by atoms with Crippen LogP contribution in [0.3, 0.4) is 0 Å². The highest BCUT2D eigenvalue weighted by molar-refractivity contribution is 5.75. The Morgan fingerprint density at radius 3 is 3.18 bits per heavy atom. The monoisotopic (exact) mass is 237 g/mol. The number of nitrogens with zero attached hydrogens (tertiary/aromatic N) is 3. The number of amides is 1. The minimum atomic E-state index is -0.0841. The highest BCUT2D eigenvalue weighted by atomic mass is 16.2. The minimum Gasteiger partial charge on any atom is -0.333 e. The largest absolute Gasteiger partial charge is 0.333 e. The molecule has 1 aliphatic heterocycles. The van der Waals surface area contributed by atoms with Gasteiger partial charge in [0, 0.05) is 31.9 Å². The molecule has 6 heteroatoms. The molecular weight excluding hydrogens is 218 g/mol. The number of fused-ring (bicyclic) bond motifs is 1. The lowest BCUT2D eigenvalue weighted by Crippen LogP contribution is -2.34. The Hall–Kier alpha value is -1.40. The van der Waals surface area contributed by atoms with Crippen molar-refractivity contribution >= 4 is 5.91 Å². The van der Waals surface area contributed by atoms with Crippen LogP contribution < -0.4 is 11.3 Å². The van der Waals surface area contributed by atoms with Gasteiger partial charge in [-0.05, 0) is 19.4 Å². The number of hydrogen-bond donors (Lipinski definition) is 2. The fourth-order valence-electron chi connectivity index (χ4n) is 2.11. The first-order valence-corrected chi connectivity index (χ1v) is 6.01. The van der Waals surface area contributed by atoms with Crippen molar-refractivity contribution in [2.24, 2.45) is 5.84 Å². The van der Waals surface area contributed by atoms with Gasteiger partial charge >= 0.3 is 0 Å². The van der Waals surface area contributed by atoms with Gasteiger partial charge in [-0.1, -0.05) is 0 Å². The van der Waals surface area contributed by atoms with Crippen molar-refractivity contribution in [1.82, 2.24) is 19.9 Å². The van der Waals surface area contributed by atoms with Gasteiger partial charge in [-0.3, -0.25) is 15.1 Å². The molecule has 0 aliphatic carbocycles. The molecule has 1 aromatic rings. The van der Waals surface area contributed by atoms with E-state index < -0.39 is 0 Å². The Bertz CT molecular complexity index is 376. The molecule has 0 spiro atoms. The number of rotatable bonds is 5. The van der Waals surface area contributed by atoms with E-state index in [0.29, 0.717) is 6.42 Å². The summed E-state index contributed by atoms with van der Waals surface area (Å²) in [6.07, 6.45) is 6.30. The number of hydrazine groups is 1. The van der Waals surface area contributed by atoms with Crippen LogP contribution in [0.4, 0.5) is 0 Å². The Balaban J connectivity index is 1.67. The third kappa shape index (κ3) is 3.28. The van der Waals surface area contributed by atoms with Gasteiger partial charge in [-0.15, -0.1) is 0 Å². The van der Waals surface area contributed by atoms with Crippen LogP contribution >= 0.6 is 0 Å². The highest BCUT2D eigenvalue weighted by Crippen LogP contribution is 2.11. The van der Waals surface area contributed by atoms with E-state index in [0.717, 1.165) is 44.8 Å². The van der Waals surface area contributed by atoms with Crippen molar-refractivity contribution in [2.75, 3.05) is 13.1 Å². The molecule has 2 heterocycles. The molecule has 94 valence electrons. The molecule has 2 rings (SSSR count). The number of carbonyl (C=O) groups is 1. The molecule has 0 atom stereocenters. The predicted octanol–water partition coefficient (Wildman–Crippen LogP) is -0.141. The molecule has 1 aliphatic rings. The van der Waals surface area contributed by atoms with E-state index in [-0.39, 0.29) is 5.91 Å². The van der Waals surface area contributed by atoms with Crippen LogP contribution in [0.5, 0.6) is 0 Å². The first-order chi connectivity index (χ1) is 8.29. The zero-order valence-corrected chi connectivity index (χ0v) is 9.93. The highest BCUT2D eigenvalue weighted by Gasteiger charge is 2.15. The second kappa shape index (κ2) is 5.79. The SMILES string of the molecule is NNC(=O)CCCCN1CCn2ccnc2C1. The van der Waals surface area contributed by atoms with Crippen molar-refractivity contribution in [3.63, 3.8) is 0 Å². The second-order valence-electron chi connectivity index (χ2n) is 4.34. The Kier molecular flexibility index (Phi) is 4.11. The van der Waals surface area contributed by atoms with E-state index in [1.165, 1.54) is 0 Å². The van der Waals surface area contributed by atoms with Gasteiger partial charge in [0.05, 0.1) is 6.54 Å². The van der Waals surface area contributed by atoms with Crippen molar-refractivity contribution < 1.29 is 4.79 Å². The summed E-state index contributed by atoms with van der Waals surface area (Å²) in [6.45, 7) is 4.01. The van der Waals surface area contributed by atoms with E-state index in [1.807, 2.05) is 12.4 Å². The van der Waals surface area contributed by atoms with Crippen LogP contribution in [-0.4, -0.2) is 33.4 Å². The number of imidazole rings is 1. The van der Waals surface area contributed by atoms with Crippen molar-refractivity contribution in [1.29, 1.82) is 0 Å². The van der Waals surface area contributed by atoms with Gasteiger partial charge in [0.25, 0.3) is 0 Å². The molecule has 17 heavy (non-hydrogen) atoms. The van der Waals surface area contributed by atoms with Crippen LogP contribution in [0.1, 0.15) is 25.1 Å². The average Bonchev–Trinajstić information content (AvgIpc) is 2.81. The number of unbranched alkanes of at least 4 members (excludes halogenated alkanes) is 1. The second-order valence-corrected chi connectivity index (χ2v) is 4.34. The maximum absolute atomic E-state index is 10.9. The predicted molar refractivity (Wildman–Crippen MR) is 63.7 cm³/mol. The summed E-state index contributed by atoms with van der Waals surface area (Å²) in [5, 5.41) is 0. The summed E-state index contributed by atoms with van der Waals surface area (Å²) >= 11 is 0. The molecule has 0 radical (unpaired) electrons. The van der Waals surface area contributed by atoms with E-state index >= 15 is 0 Å². The lowest BCUT2D eigenvalue weighted by molar-refractivity contribution is -0.121. The van der Waals surface area contributed by atoms with E-state index in [4.69, 9.17) is 5.84 Å². The third-order valence-corrected chi connectivity index (χ3v) is 3.11. The van der Waals surface area contributed by atoms with Crippen molar-refractivity contribution in [3.05, 3.63) is 18.2 Å². The Morgan fingerprint density at radius 1 is 1.47 bits per heavy atom. The summed E-state index contributed by atoms with van der Waals surface area (Å²) in [6, 6.07) is 0. The van der Waals surface area contributed by atoms with E-state index in [2.05, 4.69) is 19.9 Å². The summed E-state index contributed by atoms with van der Waals surface area (Å²) in [7, 11) is 0. The van der Waals surface area contributed by atoms with E-state index in [1.54, 1.807) is 0 Å². The maximum Gasteiger partial charge on any atom is 0.233 e. The van der Waals surface area contributed by atoms with E-state index in [9.17, 15) is 4.79 Å². The molecule has 0 bridgehead atoms. The molecule has 1 aromatic heterocycles. The molecule has 3 N–H and O–H groups in total. The number of aromatic nitrogens is 2. The zero-order valence-electron chi connectivity index (χ0n) is 9.93. The van der Waals surface area contributed by atoms with Gasteiger partial charge in [-0.25, -0.2) is 10.8 Å². The number of carbonyl (C=O) groups excluding carboxylic acids is 1. The number of hydrogen-bond acceptors (Lipinski definition) is 4. The Morgan fingerprint density at radius 2 is 2.35 bits per heavy atom. The van der Waals surface area contributed by atoms with Crippen molar-refractivity contribution in [2.45, 2.75) is 32.4 Å². The molecular formula is C11H19N5O. The number of nitrogens with two attached hydrogens (primary N) is 1. The molecule has 1 amide bonds. The van der Waals surface area contributed by atoms with Gasteiger partial charge in [0.15, 0.2) is 0 Å². The molecule has 0 aromatic carbocycles. The standard InChI is InChI=1S/C11H19N5O/c12-14-11(17)3-1-2-5-15-7-8-16-6-4-13-10(16)9-15/h4,6H,1-3,5,7-9,12H2,(H,14,17). The smallest absolute Gasteiger partial charge is 0.233 e. The lowest BCUT2D eigenvalue weighted by Gasteiger charge is -2.27. The quantitative estimate of drug-likeness (QED) is 0.323. The van der Waals surface area contributed by atoms with Crippen LogP contribution in [0, 0.1) is 0 Å². The molecule has 0 fully saturated rings.